The number of benzene rings is 1. The van der Waals surface area contributed by atoms with E-state index in [-0.39, 0.29) is 17.5 Å². The molecule has 2 N–H and O–H groups in total. The van der Waals surface area contributed by atoms with Crippen molar-refractivity contribution in [2.45, 2.75) is 19.1 Å². The number of hydrogen-bond acceptors (Lipinski definition) is 10. The SMILES string of the molecule is C=C(OC(=O)C(F)(F)F)C(=O)Nc1ccc(Oc2nc(Nc3cnn(CCOC)c3)ncc2C2=CCOCC2)cc1. The monoisotopic (exact) mass is 574 g/mol. The first-order chi connectivity index (χ1) is 19.6. The Hall–Kier alpha value is -4.76. The normalized spacial score (nSPS) is 13.2. The number of halogens is 3. The second-order valence-electron chi connectivity index (χ2n) is 8.47. The van der Waals surface area contributed by atoms with Crippen molar-refractivity contribution >= 4 is 34.8 Å². The number of anilines is 3. The largest absolute Gasteiger partial charge is 0.491 e. The van der Waals surface area contributed by atoms with Gasteiger partial charge in [0, 0.05) is 25.2 Å². The molecule has 41 heavy (non-hydrogen) atoms. The van der Waals surface area contributed by atoms with Gasteiger partial charge in [-0.2, -0.15) is 23.3 Å². The molecule has 15 heteroatoms. The summed E-state index contributed by atoms with van der Waals surface area (Å²) in [4.78, 5) is 31.9. The Morgan fingerprint density at radius 1 is 1.17 bits per heavy atom. The Morgan fingerprint density at radius 3 is 2.63 bits per heavy atom. The number of rotatable bonds is 11. The Bertz CT molecular complexity index is 1440. The lowest BCUT2D eigenvalue weighted by Crippen LogP contribution is -2.28. The van der Waals surface area contributed by atoms with Gasteiger partial charge < -0.3 is 29.6 Å². The Balaban J connectivity index is 1.48. The van der Waals surface area contributed by atoms with E-state index in [1.807, 2.05) is 6.08 Å². The van der Waals surface area contributed by atoms with Gasteiger partial charge in [0.25, 0.3) is 5.91 Å². The minimum absolute atomic E-state index is 0.189. The maximum absolute atomic E-state index is 12.4. The van der Waals surface area contributed by atoms with E-state index in [2.05, 4.69) is 37.0 Å². The van der Waals surface area contributed by atoms with E-state index in [1.165, 1.54) is 24.3 Å². The van der Waals surface area contributed by atoms with Crippen LogP contribution in [-0.2, 0) is 30.3 Å². The lowest BCUT2D eigenvalue weighted by Gasteiger charge is -2.17. The zero-order chi connectivity index (χ0) is 29.4. The molecule has 2 aromatic heterocycles. The maximum Gasteiger partial charge on any atom is 0.491 e. The summed E-state index contributed by atoms with van der Waals surface area (Å²) >= 11 is 0. The van der Waals surface area contributed by atoms with E-state index < -0.39 is 23.8 Å². The van der Waals surface area contributed by atoms with Crippen LogP contribution in [0.2, 0.25) is 0 Å². The van der Waals surface area contributed by atoms with Crippen LogP contribution in [0.3, 0.4) is 0 Å². The number of carbonyl (C=O) groups excluding carboxylic acids is 2. The van der Waals surface area contributed by atoms with Gasteiger partial charge in [-0.05, 0) is 36.3 Å². The summed E-state index contributed by atoms with van der Waals surface area (Å²) in [6, 6.07) is 5.90. The average Bonchev–Trinajstić information content (AvgIpc) is 3.40. The van der Waals surface area contributed by atoms with Crippen molar-refractivity contribution in [2.24, 2.45) is 0 Å². The number of esters is 1. The van der Waals surface area contributed by atoms with Gasteiger partial charge in [0.1, 0.15) is 5.75 Å². The number of ether oxygens (including phenoxy) is 4. The van der Waals surface area contributed by atoms with Crippen molar-refractivity contribution in [1.29, 1.82) is 0 Å². The quantitative estimate of drug-likeness (QED) is 0.194. The summed E-state index contributed by atoms with van der Waals surface area (Å²) in [5, 5.41) is 9.63. The fraction of sp³-hybridized carbons (Fsp3) is 0.269. The maximum atomic E-state index is 12.4. The van der Waals surface area contributed by atoms with Crippen LogP contribution in [0, 0.1) is 0 Å². The number of nitrogens with zero attached hydrogens (tertiary/aromatic N) is 4. The lowest BCUT2D eigenvalue weighted by atomic mass is 10.0. The number of alkyl halides is 3. The molecule has 1 aliphatic heterocycles. The topological polar surface area (TPSA) is 139 Å². The van der Waals surface area contributed by atoms with E-state index in [9.17, 15) is 22.8 Å². The minimum atomic E-state index is -5.26. The molecule has 1 aromatic carbocycles. The first-order valence-corrected chi connectivity index (χ1v) is 12.1. The molecule has 4 rings (SSSR count). The molecule has 0 aliphatic carbocycles. The van der Waals surface area contributed by atoms with Gasteiger partial charge in [-0.3, -0.25) is 9.48 Å². The Labute approximate surface area is 231 Å². The molecule has 3 aromatic rings. The van der Waals surface area contributed by atoms with Crippen molar-refractivity contribution in [3.8, 4) is 11.6 Å². The number of methoxy groups -OCH3 is 1. The minimum Gasteiger partial charge on any atom is -0.438 e. The number of carbonyl (C=O) groups is 2. The first kappa shape index (κ1) is 29.2. The van der Waals surface area contributed by atoms with Crippen LogP contribution >= 0.6 is 0 Å². The predicted molar refractivity (Wildman–Crippen MR) is 139 cm³/mol. The smallest absolute Gasteiger partial charge is 0.438 e. The van der Waals surface area contributed by atoms with Gasteiger partial charge in [-0.25, -0.2) is 9.78 Å². The summed E-state index contributed by atoms with van der Waals surface area (Å²) in [5.41, 5.74) is 2.46. The molecular weight excluding hydrogens is 549 g/mol. The highest BCUT2D eigenvalue weighted by Gasteiger charge is 2.42. The highest BCUT2D eigenvalue weighted by Crippen LogP contribution is 2.33. The van der Waals surface area contributed by atoms with Gasteiger partial charge in [0.15, 0.2) is 5.76 Å². The van der Waals surface area contributed by atoms with E-state index >= 15 is 0 Å². The van der Waals surface area contributed by atoms with Gasteiger partial charge >= 0.3 is 12.1 Å². The van der Waals surface area contributed by atoms with Crippen LogP contribution < -0.4 is 15.4 Å². The number of hydrogen-bond donors (Lipinski definition) is 2. The lowest BCUT2D eigenvalue weighted by molar-refractivity contribution is -0.195. The number of aromatic nitrogens is 4. The van der Waals surface area contributed by atoms with Crippen molar-refractivity contribution < 1.29 is 41.7 Å². The summed E-state index contributed by atoms with van der Waals surface area (Å²) in [7, 11) is 1.61. The van der Waals surface area contributed by atoms with Gasteiger partial charge in [0.05, 0.1) is 43.8 Å². The van der Waals surface area contributed by atoms with Gasteiger partial charge in [-0.15, -0.1) is 0 Å². The molecule has 216 valence electrons. The summed E-state index contributed by atoms with van der Waals surface area (Å²) in [6.07, 6.45) is 2.33. The molecule has 0 spiro atoms. The third-order valence-electron chi connectivity index (χ3n) is 5.50. The highest BCUT2D eigenvalue weighted by molar-refractivity contribution is 6.03. The highest BCUT2D eigenvalue weighted by atomic mass is 19.4. The standard InChI is InChI=1S/C26H25F3N6O6/c1-16(40-24(37)26(27,28)29)22(36)32-18-3-5-20(6-4-18)41-23-21(17-7-10-39-11-8-17)14-30-25(34-23)33-19-13-31-35(15-19)9-12-38-2/h3-7,13-15H,1,8-12H2,2H3,(H,32,36)(H,30,33,34). The zero-order valence-electron chi connectivity index (χ0n) is 21.7. The van der Waals surface area contributed by atoms with Gasteiger partial charge in [0.2, 0.25) is 11.8 Å². The molecular formula is C26H25F3N6O6. The first-order valence-electron chi connectivity index (χ1n) is 12.1. The molecule has 3 heterocycles. The summed E-state index contributed by atoms with van der Waals surface area (Å²) in [5.74, 6) is -3.81. The van der Waals surface area contributed by atoms with Gasteiger partial charge in [-0.1, -0.05) is 12.7 Å². The average molecular weight is 575 g/mol. The Kier molecular flexibility index (Phi) is 9.31. The molecule has 0 saturated heterocycles. The van der Waals surface area contributed by atoms with Crippen LogP contribution in [-0.4, -0.2) is 64.7 Å². The van der Waals surface area contributed by atoms with E-state index in [4.69, 9.17) is 14.2 Å². The van der Waals surface area contributed by atoms with E-state index in [1.54, 1.807) is 30.4 Å². The molecule has 0 fully saturated rings. The number of amides is 1. The Morgan fingerprint density at radius 2 is 1.95 bits per heavy atom. The molecule has 0 saturated carbocycles. The third kappa shape index (κ3) is 8.12. The molecule has 0 radical (unpaired) electrons. The van der Waals surface area contributed by atoms with Crippen LogP contribution in [0.15, 0.2) is 61.3 Å². The summed E-state index contributed by atoms with van der Waals surface area (Å²) < 4.78 is 59.2. The van der Waals surface area contributed by atoms with Crippen LogP contribution in [0.5, 0.6) is 11.6 Å². The van der Waals surface area contributed by atoms with E-state index in [0.717, 1.165) is 5.57 Å². The van der Waals surface area contributed by atoms with Crippen molar-refractivity contribution in [3.05, 3.63) is 66.8 Å². The second-order valence-corrected chi connectivity index (χ2v) is 8.47. The molecule has 0 unspecified atom stereocenters. The molecule has 1 aliphatic rings. The fourth-order valence-electron chi connectivity index (χ4n) is 3.50. The van der Waals surface area contributed by atoms with Crippen molar-refractivity contribution in [2.75, 3.05) is 37.6 Å². The molecule has 12 nitrogen and oxygen atoms in total. The van der Waals surface area contributed by atoms with Crippen LogP contribution in [0.4, 0.5) is 30.5 Å². The molecule has 0 bridgehead atoms. The fourth-order valence-corrected chi connectivity index (χ4v) is 3.50. The second kappa shape index (κ2) is 13.1. The zero-order valence-corrected chi connectivity index (χ0v) is 21.7. The van der Waals surface area contributed by atoms with E-state index in [0.29, 0.717) is 49.8 Å². The molecule has 1 amide bonds. The third-order valence-corrected chi connectivity index (χ3v) is 5.50. The van der Waals surface area contributed by atoms with Crippen molar-refractivity contribution in [1.82, 2.24) is 19.7 Å². The summed E-state index contributed by atoms with van der Waals surface area (Å²) in [6.45, 7) is 5.11. The number of nitrogens with one attached hydrogen (secondary N) is 2. The van der Waals surface area contributed by atoms with Crippen LogP contribution in [0.1, 0.15) is 12.0 Å². The predicted octanol–water partition coefficient (Wildman–Crippen LogP) is 4.22. The van der Waals surface area contributed by atoms with Crippen LogP contribution in [0.25, 0.3) is 5.57 Å². The van der Waals surface area contributed by atoms with Crippen molar-refractivity contribution in [3.63, 3.8) is 0 Å². The molecule has 0 atom stereocenters.